The van der Waals surface area contributed by atoms with Crippen LogP contribution in [0.15, 0.2) is 36.0 Å². The summed E-state index contributed by atoms with van der Waals surface area (Å²) in [5.74, 6) is 0.529. The number of benzene rings is 1. The van der Waals surface area contributed by atoms with Crippen LogP contribution in [0.2, 0.25) is 0 Å². The number of nitrogens with one attached hydrogen (secondary N) is 3. The fourth-order valence-corrected chi connectivity index (χ4v) is 7.41. The molecule has 0 aromatic heterocycles. The van der Waals surface area contributed by atoms with E-state index in [9.17, 15) is 19.5 Å². The van der Waals surface area contributed by atoms with E-state index in [1.54, 1.807) is 0 Å². The first-order chi connectivity index (χ1) is 21.2. The van der Waals surface area contributed by atoms with Gasteiger partial charge in [-0.15, -0.1) is 0 Å². The van der Waals surface area contributed by atoms with E-state index in [-0.39, 0.29) is 41.8 Å². The van der Waals surface area contributed by atoms with Crippen LogP contribution in [0.5, 0.6) is 0 Å². The van der Waals surface area contributed by atoms with Gasteiger partial charge in [0.25, 0.3) is 0 Å². The van der Waals surface area contributed by atoms with Crippen molar-refractivity contribution in [3.05, 3.63) is 41.6 Å². The Morgan fingerprint density at radius 1 is 0.889 bits per heavy atom. The number of aliphatic hydroxyl groups is 1. The first-order valence-electron chi connectivity index (χ1n) is 17.3. The second kappa shape index (κ2) is 15.3. The zero-order valence-electron chi connectivity index (χ0n) is 28.5. The van der Waals surface area contributed by atoms with Crippen LogP contribution < -0.4 is 16.0 Å². The van der Waals surface area contributed by atoms with Crippen molar-refractivity contribution in [2.45, 2.75) is 129 Å². The third kappa shape index (κ3) is 10.1. The highest BCUT2D eigenvalue weighted by Gasteiger charge is 2.42. The van der Waals surface area contributed by atoms with E-state index in [2.05, 4.69) is 20.9 Å². The third-order valence-electron chi connectivity index (χ3n) is 9.85. The number of piperidine rings is 1. The average molecular weight is 623 g/mol. The number of fused-ring (bicyclic) bond motifs is 1. The zero-order chi connectivity index (χ0) is 32.8. The maximum Gasteiger partial charge on any atom is 0.247 e. The highest BCUT2D eigenvalue weighted by molar-refractivity contribution is 5.90. The predicted molar refractivity (Wildman–Crippen MR) is 180 cm³/mol. The molecule has 1 heterocycles. The van der Waals surface area contributed by atoms with E-state index < -0.39 is 17.6 Å². The van der Waals surface area contributed by atoms with Crippen LogP contribution in [0.1, 0.15) is 111 Å². The van der Waals surface area contributed by atoms with Crippen LogP contribution in [0.25, 0.3) is 6.08 Å². The standard InChI is InChI=1S/C37H58N4O4/c1-36(2,3)32(39-33(43)26-17-11-8-12-18-26)35(45)38-29(21-25-15-9-7-10-16-25)31(42)24-41-23-28-20-14-13-19-27(28)22-30(41)34(44)40-37(4,5)6/h7,9-10,15-16,21,26-28,30-32,42H,8,11-14,17-20,22-24H2,1-6H3,(H,38,45)(H,39,43)(H,40,44)/b29-21-/t27-,28?,30?,31+,32+/m0/s1. The lowest BCUT2D eigenvalue weighted by atomic mass is 9.72. The molecule has 3 aliphatic rings. The summed E-state index contributed by atoms with van der Waals surface area (Å²) in [6.07, 6.45) is 11.2. The molecular formula is C37H58N4O4. The summed E-state index contributed by atoms with van der Waals surface area (Å²) in [4.78, 5) is 42.9. The van der Waals surface area contributed by atoms with Gasteiger partial charge in [-0.25, -0.2) is 0 Å². The van der Waals surface area contributed by atoms with Gasteiger partial charge in [-0.05, 0) is 75.3 Å². The lowest BCUT2D eigenvalue weighted by Gasteiger charge is -2.46. The summed E-state index contributed by atoms with van der Waals surface area (Å²) in [7, 11) is 0. The molecule has 0 bridgehead atoms. The normalized spacial score (nSPS) is 25.0. The fraction of sp³-hybridized carbons (Fsp3) is 0.703. The lowest BCUT2D eigenvalue weighted by Crippen LogP contribution is -2.59. The van der Waals surface area contributed by atoms with Gasteiger partial charge in [-0.3, -0.25) is 19.3 Å². The molecule has 4 rings (SSSR count). The number of carbonyl (C=O) groups is 3. The topological polar surface area (TPSA) is 111 Å². The highest BCUT2D eigenvalue weighted by atomic mass is 16.3. The minimum Gasteiger partial charge on any atom is -0.386 e. The quantitative estimate of drug-likeness (QED) is 0.294. The Hall–Kier alpha value is -2.71. The van der Waals surface area contributed by atoms with Crippen LogP contribution in [0.3, 0.4) is 0 Å². The van der Waals surface area contributed by atoms with E-state index in [1.165, 1.54) is 12.8 Å². The number of amides is 3. The molecule has 2 aliphatic carbocycles. The molecule has 5 atom stereocenters. The summed E-state index contributed by atoms with van der Waals surface area (Å²) in [6.45, 7) is 12.8. The van der Waals surface area contributed by atoms with Crippen molar-refractivity contribution in [2.75, 3.05) is 13.1 Å². The molecule has 2 unspecified atom stereocenters. The highest BCUT2D eigenvalue weighted by Crippen LogP contribution is 2.39. The van der Waals surface area contributed by atoms with Gasteiger partial charge in [0.2, 0.25) is 17.7 Å². The third-order valence-corrected chi connectivity index (χ3v) is 9.85. The zero-order valence-corrected chi connectivity index (χ0v) is 28.5. The Morgan fingerprint density at radius 2 is 1.51 bits per heavy atom. The van der Waals surface area contributed by atoms with Crippen molar-refractivity contribution in [1.29, 1.82) is 0 Å². The van der Waals surface area contributed by atoms with E-state index in [0.29, 0.717) is 17.5 Å². The molecule has 0 radical (unpaired) electrons. The lowest BCUT2D eigenvalue weighted by molar-refractivity contribution is -0.134. The molecule has 1 saturated heterocycles. The summed E-state index contributed by atoms with van der Waals surface area (Å²) in [5.41, 5.74) is 0.309. The van der Waals surface area contributed by atoms with Crippen molar-refractivity contribution in [2.24, 2.45) is 23.2 Å². The van der Waals surface area contributed by atoms with Gasteiger partial charge in [0.05, 0.1) is 6.04 Å². The number of hydrogen-bond donors (Lipinski definition) is 4. The monoisotopic (exact) mass is 622 g/mol. The number of β-amino-alcohol motifs (C(OH)–C–C–N with tert-alkyl or cyclic N) is 1. The molecule has 0 spiro atoms. The Labute approximate surface area is 271 Å². The number of nitrogens with zero attached hydrogens (tertiary/aromatic N) is 1. The van der Waals surface area contributed by atoms with Gasteiger partial charge < -0.3 is 21.1 Å². The minimum atomic E-state index is -1.05. The largest absolute Gasteiger partial charge is 0.386 e. The van der Waals surface area contributed by atoms with Gasteiger partial charge in [-0.2, -0.15) is 0 Å². The second-order valence-electron chi connectivity index (χ2n) is 15.9. The number of aliphatic hydroxyl groups excluding tert-OH is 1. The van der Waals surface area contributed by atoms with E-state index in [1.807, 2.05) is 78.0 Å². The van der Waals surface area contributed by atoms with Crippen LogP contribution in [0, 0.1) is 23.2 Å². The van der Waals surface area contributed by atoms with Crippen LogP contribution in [-0.4, -0.2) is 64.5 Å². The second-order valence-corrected chi connectivity index (χ2v) is 15.9. The Bertz CT molecular complexity index is 1180. The fourth-order valence-electron chi connectivity index (χ4n) is 7.41. The molecule has 1 aromatic rings. The van der Waals surface area contributed by atoms with E-state index in [4.69, 9.17) is 0 Å². The van der Waals surface area contributed by atoms with Crippen molar-refractivity contribution in [3.8, 4) is 0 Å². The van der Waals surface area contributed by atoms with E-state index >= 15 is 0 Å². The summed E-state index contributed by atoms with van der Waals surface area (Å²) in [6, 6.07) is 8.50. The molecule has 3 amide bonds. The predicted octanol–water partition coefficient (Wildman–Crippen LogP) is 5.41. The molecular weight excluding hydrogens is 564 g/mol. The van der Waals surface area contributed by atoms with Gasteiger partial charge >= 0.3 is 0 Å². The van der Waals surface area contributed by atoms with Crippen LogP contribution in [0.4, 0.5) is 0 Å². The number of carbonyl (C=O) groups excluding carboxylic acids is 3. The molecule has 8 nitrogen and oxygen atoms in total. The van der Waals surface area contributed by atoms with Crippen LogP contribution >= 0.6 is 0 Å². The van der Waals surface area contributed by atoms with Gasteiger partial charge in [0, 0.05) is 30.2 Å². The molecule has 8 heteroatoms. The molecule has 3 fully saturated rings. The van der Waals surface area contributed by atoms with Crippen molar-refractivity contribution >= 4 is 23.8 Å². The molecule has 4 N–H and O–H groups in total. The Balaban J connectivity index is 1.57. The molecule has 2 saturated carbocycles. The SMILES string of the molecule is CC(C)(C)NC(=O)C1C[C@@H]2CCCCC2CN1C[C@@H](O)/C(=C/c1ccccc1)NC(=O)[C@@H](NC(=O)C1CCCCC1)C(C)(C)C. The number of rotatable bonds is 9. The van der Waals surface area contributed by atoms with Gasteiger partial charge in [0.1, 0.15) is 12.1 Å². The number of hydrogen-bond acceptors (Lipinski definition) is 5. The first kappa shape index (κ1) is 35.1. The Kier molecular flexibility index (Phi) is 11.9. The summed E-state index contributed by atoms with van der Waals surface area (Å²) >= 11 is 0. The first-order valence-corrected chi connectivity index (χ1v) is 17.3. The molecule has 1 aromatic carbocycles. The smallest absolute Gasteiger partial charge is 0.247 e. The van der Waals surface area contributed by atoms with Gasteiger partial charge in [-0.1, -0.05) is 89.6 Å². The molecule has 45 heavy (non-hydrogen) atoms. The molecule has 250 valence electrons. The van der Waals surface area contributed by atoms with Gasteiger partial charge in [0.15, 0.2) is 0 Å². The van der Waals surface area contributed by atoms with Crippen molar-refractivity contribution in [3.63, 3.8) is 0 Å². The molecule has 1 aliphatic heterocycles. The summed E-state index contributed by atoms with van der Waals surface area (Å²) < 4.78 is 0. The van der Waals surface area contributed by atoms with Crippen LogP contribution in [-0.2, 0) is 14.4 Å². The Morgan fingerprint density at radius 3 is 2.13 bits per heavy atom. The van der Waals surface area contributed by atoms with E-state index in [0.717, 1.165) is 63.5 Å². The maximum atomic E-state index is 14.0. The average Bonchev–Trinajstić information content (AvgIpc) is 2.98. The number of likely N-dealkylation sites (tertiary alicyclic amines) is 1. The summed E-state index contributed by atoms with van der Waals surface area (Å²) in [5, 5.41) is 21.1. The minimum absolute atomic E-state index is 0.00503. The maximum absolute atomic E-state index is 14.0. The van der Waals surface area contributed by atoms with Crippen molar-refractivity contribution in [1.82, 2.24) is 20.9 Å². The van der Waals surface area contributed by atoms with Crippen molar-refractivity contribution < 1.29 is 19.5 Å².